The van der Waals surface area contributed by atoms with Gasteiger partial charge in [-0.15, -0.1) is 10.2 Å². The molecular weight excluding hydrogens is 444 g/mol. The van der Waals surface area contributed by atoms with E-state index in [0.717, 1.165) is 22.0 Å². The summed E-state index contributed by atoms with van der Waals surface area (Å²) in [7, 11) is 1.61. The predicted octanol–water partition coefficient (Wildman–Crippen LogP) is 5.69. The number of halogens is 1. The molecule has 0 unspecified atom stereocenters. The van der Waals surface area contributed by atoms with E-state index in [-0.39, 0.29) is 0 Å². The monoisotopic (exact) mass is 464 g/mol. The first-order chi connectivity index (χ1) is 15.7. The number of nitrogens with zero attached hydrogens (tertiary/aromatic N) is 4. The van der Waals surface area contributed by atoms with E-state index in [9.17, 15) is 0 Å². The van der Waals surface area contributed by atoms with Crippen molar-refractivity contribution in [2.75, 3.05) is 7.11 Å². The average molecular weight is 465 g/mol. The molecule has 0 saturated heterocycles. The summed E-state index contributed by atoms with van der Waals surface area (Å²) in [6.07, 6.45) is 3.32. The lowest BCUT2D eigenvalue weighted by atomic mass is 10.2. The molecule has 3 aromatic carbocycles. The maximum atomic E-state index is 6.04. The molecule has 6 nitrogen and oxygen atoms in total. The van der Waals surface area contributed by atoms with Gasteiger partial charge in [-0.3, -0.25) is 0 Å². The fourth-order valence-corrected chi connectivity index (χ4v) is 3.95. The van der Waals surface area contributed by atoms with Gasteiger partial charge in [-0.2, -0.15) is 9.78 Å². The Morgan fingerprint density at radius 3 is 2.66 bits per heavy atom. The van der Waals surface area contributed by atoms with Crippen LogP contribution in [0.25, 0.3) is 0 Å². The van der Waals surface area contributed by atoms with Crippen molar-refractivity contribution in [3.63, 3.8) is 0 Å². The zero-order valence-electron chi connectivity index (χ0n) is 17.4. The second-order valence-electron chi connectivity index (χ2n) is 6.81. The van der Waals surface area contributed by atoms with Gasteiger partial charge in [0.15, 0.2) is 11.5 Å². The lowest BCUT2D eigenvalue weighted by Crippen LogP contribution is -1.99. The van der Waals surface area contributed by atoms with Crippen LogP contribution in [0, 0.1) is 0 Å². The molecular formula is C24H21ClN4O2S. The topological polar surface area (TPSA) is 61.5 Å². The van der Waals surface area contributed by atoms with Crippen LogP contribution in [0.3, 0.4) is 0 Å². The SMILES string of the molecule is COc1cc(/C=N/n2cnnc2SCc2ccccc2)ccc1OCc1cccc(Cl)c1. The van der Waals surface area contributed by atoms with Crippen LogP contribution in [0.1, 0.15) is 16.7 Å². The van der Waals surface area contributed by atoms with Gasteiger partial charge in [-0.1, -0.05) is 65.8 Å². The molecule has 0 radical (unpaired) electrons. The highest BCUT2D eigenvalue weighted by molar-refractivity contribution is 7.98. The summed E-state index contributed by atoms with van der Waals surface area (Å²) >= 11 is 7.62. The Bertz CT molecular complexity index is 1200. The summed E-state index contributed by atoms with van der Waals surface area (Å²) in [6, 6.07) is 23.4. The highest BCUT2D eigenvalue weighted by Gasteiger charge is 2.07. The quantitative estimate of drug-likeness (QED) is 0.235. The minimum Gasteiger partial charge on any atom is -0.493 e. The summed E-state index contributed by atoms with van der Waals surface area (Å²) in [6.45, 7) is 0.396. The normalized spacial score (nSPS) is 11.1. The number of hydrogen-bond acceptors (Lipinski definition) is 6. The predicted molar refractivity (Wildman–Crippen MR) is 128 cm³/mol. The molecule has 4 rings (SSSR count). The molecule has 0 spiro atoms. The third-order valence-electron chi connectivity index (χ3n) is 4.51. The molecule has 0 saturated carbocycles. The average Bonchev–Trinajstić information content (AvgIpc) is 3.28. The highest BCUT2D eigenvalue weighted by atomic mass is 35.5. The number of benzene rings is 3. The molecule has 0 aliphatic heterocycles. The molecule has 0 aliphatic carbocycles. The van der Waals surface area contributed by atoms with Crippen LogP contribution in [0.5, 0.6) is 11.5 Å². The molecule has 8 heteroatoms. The van der Waals surface area contributed by atoms with Crippen molar-refractivity contribution in [2.24, 2.45) is 5.10 Å². The third kappa shape index (κ3) is 5.90. The Morgan fingerprint density at radius 1 is 1.00 bits per heavy atom. The van der Waals surface area contributed by atoms with Crippen molar-refractivity contribution in [1.82, 2.24) is 14.9 Å². The minimum atomic E-state index is 0.396. The maximum absolute atomic E-state index is 6.04. The van der Waals surface area contributed by atoms with E-state index in [4.69, 9.17) is 21.1 Å². The van der Waals surface area contributed by atoms with Crippen molar-refractivity contribution in [1.29, 1.82) is 0 Å². The summed E-state index contributed by atoms with van der Waals surface area (Å²) in [5.41, 5.74) is 3.07. The molecule has 32 heavy (non-hydrogen) atoms. The van der Waals surface area contributed by atoms with Gasteiger partial charge in [0.2, 0.25) is 5.16 Å². The van der Waals surface area contributed by atoms with E-state index in [1.54, 1.807) is 36.1 Å². The van der Waals surface area contributed by atoms with Crippen LogP contribution in [-0.4, -0.2) is 28.2 Å². The molecule has 1 aromatic heterocycles. The molecule has 0 N–H and O–H groups in total. The first-order valence-electron chi connectivity index (χ1n) is 9.87. The molecule has 0 amide bonds. The number of rotatable bonds is 9. The maximum Gasteiger partial charge on any atom is 0.212 e. The van der Waals surface area contributed by atoms with Crippen LogP contribution in [0.15, 0.2) is 89.4 Å². The fraction of sp³-hybridized carbons (Fsp3) is 0.125. The lowest BCUT2D eigenvalue weighted by molar-refractivity contribution is 0.284. The highest BCUT2D eigenvalue weighted by Crippen LogP contribution is 2.29. The second-order valence-corrected chi connectivity index (χ2v) is 8.18. The largest absolute Gasteiger partial charge is 0.493 e. The molecule has 1 heterocycles. The summed E-state index contributed by atoms with van der Waals surface area (Å²) < 4.78 is 13.1. The van der Waals surface area contributed by atoms with Crippen molar-refractivity contribution in [3.05, 3.63) is 101 Å². The van der Waals surface area contributed by atoms with E-state index in [1.807, 2.05) is 60.7 Å². The smallest absolute Gasteiger partial charge is 0.212 e. The minimum absolute atomic E-state index is 0.396. The zero-order valence-corrected chi connectivity index (χ0v) is 19.0. The van der Waals surface area contributed by atoms with Crippen LogP contribution in [0.4, 0.5) is 0 Å². The standard InChI is InChI=1S/C24H21ClN4O2S/c1-30-23-13-19(10-11-22(23)31-15-20-8-5-9-21(25)12-20)14-27-29-17-26-28-24(29)32-16-18-6-3-2-4-7-18/h2-14,17H,15-16H2,1H3/b27-14+. The van der Waals surface area contributed by atoms with Gasteiger partial charge in [0, 0.05) is 10.8 Å². The van der Waals surface area contributed by atoms with Gasteiger partial charge >= 0.3 is 0 Å². The fourth-order valence-electron chi connectivity index (χ4n) is 2.92. The number of hydrogen-bond donors (Lipinski definition) is 0. The van der Waals surface area contributed by atoms with Crippen molar-refractivity contribution in [3.8, 4) is 11.5 Å². The summed E-state index contributed by atoms with van der Waals surface area (Å²) in [4.78, 5) is 0. The van der Waals surface area contributed by atoms with Crippen LogP contribution in [0.2, 0.25) is 5.02 Å². The number of aromatic nitrogens is 3. The first kappa shape index (κ1) is 21.9. The molecule has 0 aliphatic rings. The zero-order chi connectivity index (χ0) is 22.2. The van der Waals surface area contributed by atoms with Crippen molar-refractivity contribution in [2.45, 2.75) is 17.5 Å². The van der Waals surface area contributed by atoms with E-state index in [1.165, 1.54) is 5.56 Å². The Morgan fingerprint density at radius 2 is 1.84 bits per heavy atom. The molecule has 162 valence electrons. The van der Waals surface area contributed by atoms with Gasteiger partial charge in [0.05, 0.1) is 13.3 Å². The third-order valence-corrected chi connectivity index (χ3v) is 5.75. The summed E-state index contributed by atoms with van der Waals surface area (Å²) in [5.74, 6) is 2.06. The number of ether oxygens (including phenoxy) is 2. The molecule has 0 atom stereocenters. The molecule has 4 aromatic rings. The van der Waals surface area contributed by atoms with Gasteiger partial charge in [-0.05, 0) is 47.0 Å². The van der Waals surface area contributed by atoms with Crippen LogP contribution >= 0.6 is 23.4 Å². The molecule has 0 bridgehead atoms. The van der Waals surface area contributed by atoms with Gasteiger partial charge in [0.25, 0.3) is 0 Å². The van der Waals surface area contributed by atoms with Gasteiger partial charge < -0.3 is 9.47 Å². The number of methoxy groups -OCH3 is 1. The Kier molecular flexibility index (Phi) is 7.42. The first-order valence-corrected chi connectivity index (χ1v) is 11.2. The van der Waals surface area contributed by atoms with Gasteiger partial charge in [-0.25, -0.2) is 0 Å². The van der Waals surface area contributed by atoms with Crippen molar-refractivity contribution >= 4 is 29.6 Å². The van der Waals surface area contributed by atoms with Crippen molar-refractivity contribution < 1.29 is 9.47 Å². The van der Waals surface area contributed by atoms with Crippen LogP contribution < -0.4 is 9.47 Å². The Labute approximate surface area is 195 Å². The molecule has 0 fully saturated rings. The Balaban J connectivity index is 1.42. The number of thioether (sulfide) groups is 1. The van der Waals surface area contributed by atoms with E-state index < -0.39 is 0 Å². The van der Waals surface area contributed by atoms with E-state index >= 15 is 0 Å². The van der Waals surface area contributed by atoms with E-state index in [0.29, 0.717) is 23.1 Å². The Hall–Kier alpha value is -3.29. The van der Waals surface area contributed by atoms with E-state index in [2.05, 4.69) is 27.4 Å². The summed E-state index contributed by atoms with van der Waals surface area (Å²) in [5, 5.41) is 14.0. The van der Waals surface area contributed by atoms with Crippen LogP contribution in [-0.2, 0) is 12.4 Å². The lowest BCUT2D eigenvalue weighted by Gasteiger charge is -2.11. The van der Waals surface area contributed by atoms with Gasteiger partial charge in [0.1, 0.15) is 12.9 Å². The second kappa shape index (κ2) is 10.8.